The maximum Gasteiger partial charge on any atom is 0.296 e. The summed E-state index contributed by atoms with van der Waals surface area (Å²) in [5.41, 5.74) is 1.58. The van der Waals surface area contributed by atoms with Gasteiger partial charge in [0.1, 0.15) is 9.90 Å². The Balaban J connectivity index is 1.60. The third-order valence-corrected chi connectivity index (χ3v) is 9.28. The smallest absolute Gasteiger partial charge is 0.296 e. The van der Waals surface area contributed by atoms with Gasteiger partial charge in [-0.25, -0.2) is 8.42 Å². The second-order valence-corrected chi connectivity index (χ2v) is 11.3. The molecule has 0 radical (unpaired) electrons. The molecule has 188 valence electrons. The Hall–Kier alpha value is -2.73. The van der Waals surface area contributed by atoms with Crippen LogP contribution in [0.25, 0.3) is 5.69 Å². The van der Waals surface area contributed by atoms with Crippen LogP contribution in [-0.4, -0.2) is 67.9 Å². The molecule has 9 nitrogen and oxygen atoms in total. The van der Waals surface area contributed by atoms with Gasteiger partial charge in [0.25, 0.3) is 15.6 Å². The minimum Gasteiger partial charge on any atom is -0.382 e. The van der Waals surface area contributed by atoms with Gasteiger partial charge < -0.3 is 15.0 Å². The number of hydrogen-bond donors (Lipinski definition) is 1. The summed E-state index contributed by atoms with van der Waals surface area (Å²) in [6.07, 6.45) is 2.44. The van der Waals surface area contributed by atoms with E-state index in [0.29, 0.717) is 60.7 Å². The fraction of sp³-hybridized carbons (Fsp3) is 0.417. The predicted octanol–water partition coefficient (Wildman–Crippen LogP) is 3.03. The van der Waals surface area contributed by atoms with E-state index in [-0.39, 0.29) is 11.6 Å². The lowest BCUT2D eigenvalue weighted by atomic mass is 10.2. The van der Waals surface area contributed by atoms with Crippen molar-refractivity contribution in [3.63, 3.8) is 0 Å². The molecule has 4 rings (SSSR count). The summed E-state index contributed by atoms with van der Waals surface area (Å²) in [6, 6.07) is 12.4. The van der Waals surface area contributed by atoms with Crippen LogP contribution in [0.2, 0.25) is 0 Å². The minimum atomic E-state index is -3.54. The standard InChI is InChI=1S/C24H31N5O4S2/c1-3-33-15-8-12-25-23-21(17-26-29(24(23)30)20-9-5-4-6-10-20)27-13-14-28(19(2)18-27)35(31,32)22-11-7-16-34-22/h4-7,9-11,16-17,19,25H,3,8,12-15,18H2,1-2H3/t19-/m0/s1. The van der Waals surface area contributed by atoms with E-state index in [1.165, 1.54) is 16.0 Å². The normalized spacial score (nSPS) is 17.0. The van der Waals surface area contributed by atoms with Crippen molar-refractivity contribution in [3.8, 4) is 5.69 Å². The number of hydrogen-bond acceptors (Lipinski definition) is 8. The topological polar surface area (TPSA) is 96.8 Å². The lowest BCUT2D eigenvalue weighted by molar-refractivity contribution is 0.147. The van der Waals surface area contributed by atoms with Gasteiger partial charge in [-0.1, -0.05) is 24.3 Å². The van der Waals surface area contributed by atoms with Gasteiger partial charge in [0, 0.05) is 45.4 Å². The number of sulfonamides is 1. The Morgan fingerprint density at radius 1 is 1.17 bits per heavy atom. The van der Waals surface area contributed by atoms with Crippen LogP contribution in [0.15, 0.2) is 63.0 Å². The second kappa shape index (κ2) is 11.3. The largest absolute Gasteiger partial charge is 0.382 e. The first-order valence-corrected chi connectivity index (χ1v) is 14.0. The first-order valence-electron chi connectivity index (χ1n) is 11.7. The van der Waals surface area contributed by atoms with Crippen LogP contribution in [0.5, 0.6) is 0 Å². The highest BCUT2D eigenvalue weighted by Crippen LogP contribution is 2.29. The number of aromatic nitrogens is 2. The SMILES string of the molecule is CCOCCCNc1c(N2CCN(S(=O)(=O)c3cccs3)[C@@H](C)C2)cnn(-c2ccccc2)c1=O. The van der Waals surface area contributed by atoms with E-state index in [4.69, 9.17) is 4.74 Å². The Morgan fingerprint density at radius 3 is 2.66 bits per heavy atom. The molecule has 1 N–H and O–H groups in total. The third kappa shape index (κ3) is 5.58. The summed E-state index contributed by atoms with van der Waals surface area (Å²) in [4.78, 5) is 15.5. The molecule has 3 aromatic rings. The summed E-state index contributed by atoms with van der Waals surface area (Å²) in [6.45, 7) is 6.91. The zero-order chi connectivity index (χ0) is 24.8. The number of piperazine rings is 1. The van der Waals surface area contributed by atoms with E-state index in [2.05, 4.69) is 10.4 Å². The van der Waals surface area contributed by atoms with Crippen molar-refractivity contribution in [2.75, 3.05) is 49.6 Å². The molecule has 11 heteroatoms. The molecule has 3 heterocycles. The molecule has 1 saturated heterocycles. The third-order valence-electron chi connectivity index (χ3n) is 5.90. The van der Waals surface area contributed by atoms with Crippen LogP contribution in [0, 0.1) is 0 Å². The van der Waals surface area contributed by atoms with Gasteiger partial charge in [0.15, 0.2) is 0 Å². The molecule has 0 bridgehead atoms. The van der Waals surface area contributed by atoms with Gasteiger partial charge in [-0.3, -0.25) is 4.79 Å². The average Bonchev–Trinajstić information content (AvgIpc) is 3.41. The minimum absolute atomic E-state index is 0.244. The highest BCUT2D eigenvalue weighted by molar-refractivity contribution is 7.91. The summed E-state index contributed by atoms with van der Waals surface area (Å²) in [5, 5.41) is 9.51. The van der Waals surface area contributed by atoms with E-state index in [1.54, 1.807) is 28.0 Å². The molecule has 1 aliphatic rings. The Bertz CT molecular complexity index is 1260. The quantitative estimate of drug-likeness (QED) is 0.413. The monoisotopic (exact) mass is 517 g/mol. The summed E-state index contributed by atoms with van der Waals surface area (Å²) in [5.74, 6) is 0. The van der Waals surface area contributed by atoms with Crippen LogP contribution in [0.4, 0.5) is 11.4 Å². The number of nitrogens with one attached hydrogen (secondary N) is 1. The van der Waals surface area contributed by atoms with E-state index in [9.17, 15) is 13.2 Å². The molecule has 1 fully saturated rings. The molecular formula is C24H31N5O4S2. The zero-order valence-electron chi connectivity index (χ0n) is 20.0. The molecule has 0 amide bonds. The Labute approximate surface area is 210 Å². The maximum atomic E-state index is 13.5. The fourth-order valence-electron chi connectivity index (χ4n) is 4.18. The Morgan fingerprint density at radius 2 is 1.97 bits per heavy atom. The predicted molar refractivity (Wildman–Crippen MR) is 139 cm³/mol. The van der Waals surface area contributed by atoms with E-state index >= 15 is 0 Å². The number of anilines is 2. The van der Waals surface area contributed by atoms with Crippen molar-refractivity contribution in [2.45, 2.75) is 30.5 Å². The molecule has 0 unspecified atom stereocenters. The first-order chi connectivity index (χ1) is 16.9. The highest BCUT2D eigenvalue weighted by Gasteiger charge is 2.35. The van der Waals surface area contributed by atoms with Crippen LogP contribution in [0.3, 0.4) is 0 Å². The van der Waals surface area contributed by atoms with Gasteiger partial charge in [-0.2, -0.15) is 14.1 Å². The van der Waals surface area contributed by atoms with E-state index in [1.807, 2.05) is 49.1 Å². The van der Waals surface area contributed by atoms with Crippen LogP contribution in [-0.2, 0) is 14.8 Å². The molecule has 2 aromatic heterocycles. The number of para-hydroxylation sites is 1. The molecule has 1 atom stereocenters. The summed E-state index contributed by atoms with van der Waals surface area (Å²) >= 11 is 1.22. The Kier molecular flexibility index (Phi) is 8.22. The molecule has 35 heavy (non-hydrogen) atoms. The zero-order valence-corrected chi connectivity index (χ0v) is 21.6. The van der Waals surface area contributed by atoms with Crippen molar-refractivity contribution >= 4 is 32.7 Å². The lowest BCUT2D eigenvalue weighted by Gasteiger charge is -2.40. The summed E-state index contributed by atoms with van der Waals surface area (Å²) in [7, 11) is -3.54. The number of ether oxygens (including phenoxy) is 1. The van der Waals surface area contributed by atoms with Crippen molar-refractivity contribution in [3.05, 3.63) is 64.4 Å². The first kappa shape index (κ1) is 25.4. The van der Waals surface area contributed by atoms with Gasteiger partial charge >= 0.3 is 0 Å². The molecule has 1 aliphatic heterocycles. The fourth-order valence-corrected chi connectivity index (χ4v) is 6.91. The molecule has 0 spiro atoms. The highest BCUT2D eigenvalue weighted by atomic mass is 32.2. The van der Waals surface area contributed by atoms with Gasteiger partial charge in [-0.15, -0.1) is 11.3 Å². The lowest BCUT2D eigenvalue weighted by Crippen LogP contribution is -2.54. The van der Waals surface area contributed by atoms with Crippen molar-refractivity contribution in [1.82, 2.24) is 14.1 Å². The van der Waals surface area contributed by atoms with E-state index in [0.717, 1.165) is 6.42 Å². The number of benzene rings is 1. The van der Waals surface area contributed by atoms with Gasteiger partial charge in [0.05, 0.1) is 17.6 Å². The summed E-state index contributed by atoms with van der Waals surface area (Å²) < 4.78 is 34.9. The molecular weight excluding hydrogens is 486 g/mol. The number of rotatable bonds is 10. The maximum absolute atomic E-state index is 13.5. The number of thiophene rings is 1. The second-order valence-electron chi connectivity index (χ2n) is 8.28. The molecule has 1 aromatic carbocycles. The average molecular weight is 518 g/mol. The van der Waals surface area contributed by atoms with Gasteiger partial charge in [0.2, 0.25) is 0 Å². The van der Waals surface area contributed by atoms with Crippen LogP contribution in [0.1, 0.15) is 20.3 Å². The van der Waals surface area contributed by atoms with Gasteiger partial charge in [-0.05, 0) is 43.8 Å². The van der Waals surface area contributed by atoms with Crippen molar-refractivity contribution in [2.24, 2.45) is 0 Å². The van der Waals surface area contributed by atoms with Crippen molar-refractivity contribution < 1.29 is 13.2 Å². The van der Waals surface area contributed by atoms with E-state index < -0.39 is 10.0 Å². The number of nitrogens with zero attached hydrogens (tertiary/aromatic N) is 4. The van der Waals surface area contributed by atoms with Crippen molar-refractivity contribution in [1.29, 1.82) is 0 Å². The van der Waals surface area contributed by atoms with Crippen LogP contribution >= 0.6 is 11.3 Å². The molecule has 0 aliphatic carbocycles. The molecule has 0 saturated carbocycles. The van der Waals surface area contributed by atoms with Crippen LogP contribution < -0.4 is 15.8 Å².